The quantitative estimate of drug-likeness (QED) is 0.253. The molecule has 0 aromatic heterocycles. The Kier molecular flexibility index (Phi) is 10.5. The zero-order chi connectivity index (χ0) is 18.7. The zero-order valence-corrected chi connectivity index (χ0v) is 16.1. The normalized spacial score (nSPS) is 21.1. The van der Waals surface area contributed by atoms with Crippen molar-refractivity contribution in [2.45, 2.75) is 55.3 Å². The minimum atomic E-state index is -2.73. The van der Waals surface area contributed by atoms with Crippen LogP contribution in [0.25, 0.3) is 0 Å². The van der Waals surface area contributed by atoms with Gasteiger partial charge in [-0.2, -0.15) is 0 Å². The number of hydrogen-bond acceptors (Lipinski definition) is 6. The van der Waals surface area contributed by atoms with Crippen LogP contribution in [-0.4, -0.2) is 48.9 Å². The van der Waals surface area contributed by atoms with Gasteiger partial charge in [0.25, 0.3) is 0 Å². The van der Waals surface area contributed by atoms with Gasteiger partial charge < -0.3 is 15.3 Å². The van der Waals surface area contributed by atoms with Gasteiger partial charge in [-0.05, 0) is 55.9 Å². The minimum Gasteiger partial charge on any atom is -0.477 e. The lowest BCUT2D eigenvalue weighted by Gasteiger charge is -2.16. The fraction of sp³-hybridized carbons (Fsp3) is 0.667. The van der Waals surface area contributed by atoms with E-state index in [4.69, 9.17) is 5.11 Å². The van der Waals surface area contributed by atoms with Crippen LogP contribution in [0.1, 0.15) is 44.9 Å². The fourth-order valence-electron chi connectivity index (χ4n) is 2.62. The summed E-state index contributed by atoms with van der Waals surface area (Å²) in [7, 11) is 0. The lowest BCUT2D eigenvalue weighted by atomic mass is 10.1. The SMILES string of the molecule is C=CCCCC/C=C/[C@H]1CCC(=O)[C@@H]1SCCCSC(O)(O)C(=O)O. The summed E-state index contributed by atoms with van der Waals surface area (Å²) in [4.78, 5) is 22.6. The Morgan fingerprint density at radius 3 is 2.64 bits per heavy atom. The standard InChI is InChI=1S/C18H28O5S2/c1-2-3-4-5-6-7-9-14-10-11-15(19)16(14)24-12-8-13-25-18(22,23)17(20)21/h2,7,9,14,16,22-23H,1,3-6,8,10-13H2,(H,20,21)/b9-7+/t14-,16+/m0/s1. The summed E-state index contributed by atoms with van der Waals surface area (Å²) in [5.74, 6) is -0.0873. The van der Waals surface area contributed by atoms with Gasteiger partial charge in [-0.15, -0.1) is 18.3 Å². The molecule has 0 amide bonds. The van der Waals surface area contributed by atoms with Gasteiger partial charge in [0.2, 0.25) is 0 Å². The number of unbranched alkanes of at least 4 members (excludes halogenated alkanes) is 3. The molecule has 1 rings (SSSR count). The minimum absolute atomic E-state index is 0.0260. The molecule has 0 spiro atoms. The molecule has 0 bridgehead atoms. The molecule has 1 aliphatic rings. The summed E-state index contributed by atoms with van der Waals surface area (Å²) in [5.41, 5.74) is 0. The van der Waals surface area contributed by atoms with Crippen LogP contribution in [0.4, 0.5) is 0 Å². The second kappa shape index (κ2) is 11.8. The van der Waals surface area contributed by atoms with Crippen molar-refractivity contribution in [1.82, 2.24) is 0 Å². The Bertz CT molecular complexity index is 476. The first-order chi connectivity index (χ1) is 11.9. The van der Waals surface area contributed by atoms with E-state index in [-0.39, 0.29) is 17.0 Å². The van der Waals surface area contributed by atoms with Crippen LogP contribution in [0.2, 0.25) is 0 Å². The van der Waals surface area contributed by atoms with Crippen molar-refractivity contribution in [2.75, 3.05) is 11.5 Å². The van der Waals surface area contributed by atoms with E-state index >= 15 is 0 Å². The maximum absolute atomic E-state index is 12.0. The number of allylic oxidation sites excluding steroid dienone is 3. The second-order valence-corrected chi connectivity index (χ2v) is 8.59. The highest BCUT2D eigenvalue weighted by Crippen LogP contribution is 2.34. The highest BCUT2D eigenvalue weighted by molar-refractivity contribution is 8.01. The topological polar surface area (TPSA) is 94.8 Å². The number of hydrogen-bond donors (Lipinski definition) is 3. The molecule has 0 aromatic carbocycles. The molecular formula is C18H28O5S2. The number of aliphatic carboxylic acids is 1. The third-order valence-corrected chi connectivity index (χ3v) is 6.58. The van der Waals surface area contributed by atoms with Crippen LogP contribution in [-0.2, 0) is 9.59 Å². The highest BCUT2D eigenvalue weighted by Gasteiger charge is 2.34. The van der Waals surface area contributed by atoms with E-state index in [1.807, 2.05) is 6.08 Å². The number of thioether (sulfide) groups is 2. The molecule has 7 heteroatoms. The van der Waals surface area contributed by atoms with Crippen molar-refractivity contribution in [3.63, 3.8) is 0 Å². The maximum Gasteiger partial charge on any atom is 0.375 e. The molecule has 0 aliphatic heterocycles. The van der Waals surface area contributed by atoms with Crippen molar-refractivity contribution in [1.29, 1.82) is 0 Å². The molecule has 142 valence electrons. The first-order valence-corrected chi connectivity index (χ1v) is 10.7. The third-order valence-electron chi connectivity index (χ3n) is 4.01. The van der Waals surface area contributed by atoms with Crippen molar-refractivity contribution in [3.05, 3.63) is 24.8 Å². The molecule has 1 fully saturated rings. The predicted octanol–water partition coefficient (Wildman–Crippen LogP) is 3.22. The molecule has 1 saturated carbocycles. The molecule has 1 aliphatic carbocycles. The monoisotopic (exact) mass is 388 g/mol. The van der Waals surface area contributed by atoms with E-state index < -0.39 is 11.1 Å². The van der Waals surface area contributed by atoms with Crippen molar-refractivity contribution >= 4 is 35.3 Å². The van der Waals surface area contributed by atoms with E-state index in [1.54, 1.807) is 11.8 Å². The molecule has 2 atom stereocenters. The van der Waals surface area contributed by atoms with E-state index in [2.05, 4.69) is 18.7 Å². The van der Waals surface area contributed by atoms with E-state index in [0.29, 0.717) is 36.1 Å². The summed E-state index contributed by atoms with van der Waals surface area (Å²) in [5, 5.41) is 24.3. The Labute approximate surface area is 158 Å². The van der Waals surface area contributed by atoms with Crippen molar-refractivity contribution in [3.8, 4) is 0 Å². The Hall–Kier alpha value is -0.760. The first kappa shape index (κ1) is 22.3. The van der Waals surface area contributed by atoms with Gasteiger partial charge in [-0.1, -0.05) is 30.0 Å². The van der Waals surface area contributed by atoms with Crippen LogP contribution in [0.15, 0.2) is 24.8 Å². The van der Waals surface area contributed by atoms with Gasteiger partial charge in [-0.25, -0.2) is 4.79 Å². The maximum atomic E-state index is 12.0. The second-order valence-electron chi connectivity index (χ2n) is 6.08. The van der Waals surface area contributed by atoms with E-state index in [0.717, 1.165) is 32.1 Å². The van der Waals surface area contributed by atoms with Crippen LogP contribution in [0, 0.1) is 5.92 Å². The molecule has 0 radical (unpaired) electrons. The third kappa shape index (κ3) is 8.44. The molecule has 0 unspecified atom stereocenters. The molecule has 0 saturated heterocycles. The molecule has 25 heavy (non-hydrogen) atoms. The lowest BCUT2D eigenvalue weighted by Crippen LogP contribution is -2.34. The Morgan fingerprint density at radius 2 is 1.96 bits per heavy atom. The largest absolute Gasteiger partial charge is 0.477 e. The highest BCUT2D eigenvalue weighted by atomic mass is 32.2. The zero-order valence-electron chi connectivity index (χ0n) is 14.4. The number of carboxylic acids is 1. The number of carbonyl (C=O) groups excluding carboxylic acids is 1. The number of ketones is 1. The molecular weight excluding hydrogens is 360 g/mol. The van der Waals surface area contributed by atoms with Gasteiger partial charge in [0.1, 0.15) is 5.78 Å². The average molecular weight is 389 g/mol. The van der Waals surface area contributed by atoms with Gasteiger partial charge >= 0.3 is 11.1 Å². The van der Waals surface area contributed by atoms with E-state index in [1.165, 1.54) is 0 Å². The van der Waals surface area contributed by atoms with Gasteiger partial charge in [0.05, 0.1) is 5.25 Å². The number of carbonyl (C=O) groups is 2. The summed E-state index contributed by atoms with van der Waals surface area (Å²) < 4.78 is 0. The number of rotatable bonds is 13. The fourth-order valence-corrected chi connectivity index (χ4v) is 4.84. The Morgan fingerprint density at radius 1 is 1.24 bits per heavy atom. The summed E-state index contributed by atoms with van der Waals surface area (Å²) in [6, 6.07) is 0. The molecule has 0 heterocycles. The Balaban J connectivity index is 2.27. The van der Waals surface area contributed by atoms with Crippen molar-refractivity contribution < 1.29 is 24.9 Å². The smallest absolute Gasteiger partial charge is 0.375 e. The first-order valence-electron chi connectivity index (χ1n) is 8.62. The number of carboxylic acid groups (broad SMARTS) is 1. The summed E-state index contributed by atoms with van der Waals surface area (Å²) in [6.07, 6.45) is 12.7. The average Bonchev–Trinajstić information content (AvgIpc) is 2.90. The van der Waals surface area contributed by atoms with Gasteiger partial charge in [0, 0.05) is 6.42 Å². The summed E-state index contributed by atoms with van der Waals surface area (Å²) >= 11 is 2.18. The van der Waals surface area contributed by atoms with Gasteiger partial charge in [-0.3, -0.25) is 4.79 Å². The van der Waals surface area contributed by atoms with Crippen LogP contribution >= 0.6 is 23.5 Å². The van der Waals surface area contributed by atoms with Gasteiger partial charge in [0.15, 0.2) is 0 Å². The van der Waals surface area contributed by atoms with Crippen molar-refractivity contribution in [2.24, 2.45) is 5.92 Å². The molecule has 0 aromatic rings. The van der Waals surface area contributed by atoms with Crippen LogP contribution in [0.5, 0.6) is 0 Å². The van der Waals surface area contributed by atoms with Crippen LogP contribution in [0.3, 0.4) is 0 Å². The number of aliphatic hydroxyl groups is 2. The van der Waals surface area contributed by atoms with Crippen LogP contribution < -0.4 is 0 Å². The molecule has 5 nitrogen and oxygen atoms in total. The van der Waals surface area contributed by atoms with E-state index in [9.17, 15) is 19.8 Å². The molecule has 3 N–H and O–H groups in total. The lowest BCUT2D eigenvalue weighted by molar-refractivity contribution is -0.174. The summed E-state index contributed by atoms with van der Waals surface area (Å²) in [6.45, 7) is 3.71. The predicted molar refractivity (Wildman–Crippen MR) is 104 cm³/mol. The number of Topliss-reactive ketones (excluding diaryl/α,β-unsaturated/α-hetero) is 1.